The van der Waals surface area contributed by atoms with Gasteiger partial charge in [-0.25, -0.2) is 4.39 Å². The second-order valence-electron chi connectivity index (χ2n) is 5.77. The lowest BCUT2D eigenvalue weighted by Crippen LogP contribution is -2.17. The minimum atomic E-state index is -0.405. The fraction of sp³-hybridized carbons (Fsp3) is 0.250. The molecule has 1 aliphatic rings. The molecular formula is C20H19FN2O. The van der Waals surface area contributed by atoms with Crippen LogP contribution in [-0.4, -0.2) is 20.2 Å². The second-order valence-corrected chi connectivity index (χ2v) is 5.77. The van der Waals surface area contributed by atoms with Gasteiger partial charge < -0.3 is 9.64 Å². The van der Waals surface area contributed by atoms with E-state index in [0.717, 1.165) is 24.3 Å². The summed E-state index contributed by atoms with van der Waals surface area (Å²) in [6.45, 7) is 2.11. The van der Waals surface area contributed by atoms with Crippen LogP contribution < -0.4 is 9.64 Å². The summed E-state index contributed by atoms with van der Waals surface area (Å²) >= 11 is 0. The maximum absolute atomic E-state index is 14.0. The van der Waals surface area contributed by atoms with Gasteiger partial charge in [-0.05, 0) is 37.1 Å². The van der Waals surface area contributed by atoms with E-state index in [1.807, 2.05) is 18.2 Å². The van der Waals surface area contributed by atoms with E-state index in [0.29, 0.717) is 11.3 Å². The monoisotopic (exact) mass is 322 g/mol. The molecule has 24 heavy (non-hydrogen) atoms. The number of hydrogen-bond acceptors (Lipinski definition) is 3. The zero-order valence-corrected chi connectivity index (χ0v) is 13.6. The maximum Gasteiger partial charge on any atom is 0.131 e. The first-order valence-electron chi connectivity index (χ1n) is 8.02. The molecule has 0 N–H and O–H groups in total. The summed E-state index contributed by atoms with van der Waals surface area (Å²) in [6, 6.07) is 14.3. The van der Waals surface area contributed by atoms with Gasteiger partial charge in [0.1, 0.15) is 11.6 Å². The van der Waals surface area contributed by atoms with Gasteiger partial charge in [0, 0.05) is 36.0 Å². The maximum atomic E-state index is 14.0. The second kappa shape index (κ2) is 7.18. The number of benzene rings is 2. The highest BCUT2D eigenvalue weighted by Crippen LogP contribution is 2.31. The Balaban J connectivity index is 1.99. The van der Waals surface area contributed by atoms with E-state index >= 15 is 0 Å². The van der Waals surface area contributed by atoms with Crippen LogP contribution in [0.5, 0.6) is 5.75 Å². The Morgan fingerprint density at radius 1 is 1.21 bits per heavy atom. The molecule has 1 heterocycles. The topological polar surface area (TPSA) is 36.3 Å². The van der Waals surface area contributed by atoms with E-state index in [4.69, 9.17) is 4.74 Å². The van der Waals surface area contributed by atoms with E-state index in [-0.39, 0.29) is 5.57 Å². The number of rotatable bonds is 4. The fourth-order valence-corrected chi connectivity index (χ4v) is 3.00. The first-order valence-corrected chi connectivity index (χ1v) is 8.02. The van der Waals surface area contributed by atoms with Crippen molar-refractivity contribution in [1.82, 2.24) is 0 Å². The minimum absolute atomic E-state index is 0.278. The van der Waals surface area contributed by atoms with Crippen molar-refractivity contribution in [2.75, 3.05) is 25.1 Å². The predicted octanol–water partition coefficient (Wildman–Crippen LogP) is 4.50. The van der Waals surface area contributed by atoms with Gasteiger partial charge >= 0.3 is 0 Å². The van der Waals surface area contributed by atoms with Crippen LogP contribution in [0, 0.1) is 17.1 Å². The van der Waals surface area contributed by atoms with Gasteiger partial charge in [0.05, 0.1) is 18.8 Å². The largest absolute Gasteiger partial charge is 0.496 e. The number of halogens is 1. The van der Waals surface area contributed by atoms with Gasteiger partial charge in [0.25, 0.3) is 0 Å². The molecule has 2 aromatic carbocycles. The van der Waals surface area contributed by atoms with Crippen molar-refractivity contribution in [3.8, 4) is 11.8 Å². The van der Waals surface area contributed by atoms with E-state index in [2.05, 4.69) is 11.0 Å². The third kappa shape index (κ3) is 3.26. The van der Waals surface area contributed by atoms with Crippen LogP contribution in [-0.2, 0) is 0 Å². The number of anilines is 1. The van der Waals surface area contributed by atoms with Crippen LogP contribution in [0.1, 0.15) is 24.0 Å². The molecule has 0 bridgehead atoms. The van der Waals surface area contributed by atoms with Crippen molar-refractivity contribution in [2.24, 2.45) is 0 Å². The lowest BCUT2D eigenvalue weighted by atomic mass is 10.0. The molecule has 3 nitrogen and oxygen atoms in total. The van der Waals surface area contributed by atoms with Gasteiger partial charge in [0.15, 0.2) is 0 Å². The Morgan fingerprint density at radius 3 is 2.62 bits per heavy atom. The predicted molar refractivity (Wildman–Crippen MR) is 94.3 cm³/mol. The Bertz CT molecular complexity index is 802. The SMILES string of the molecule is COc1cc(N2CCCC2)ccc1C=C(C#N)c1ccccc1F. The third-order valence-corrected chi connectivity index (χ3v) is 4.27. The smallest absolute Gasteiger partial charge is 0.131 e. The van der Waals surface area contributed by atoms with Crippen molar-refractivity contribution >= 4 is 17.3 Å². The molecule has 0 spiro atoms. The first kappa shape index (κ1) is 16.1. The Kier molecular flexibility index (Phi) is 4.81. The highest BCUT2D eigenvalue weighted by atomic mass is 19.1. The summed E-state index contributed by atoms with van der Waals surface area (Å²) < 4.78 is 19.4. The fourth-order valence-electron chi connectivity index (χ4n) is 3.00. The summed E-state index contributed by atoms with van der Waals surface area (Å²) in [7, 11) is 1.61. The van der Waals surface area contributed by atoms with Crippen molar-refractivity contribution in [2.45, 2.75) is 12.8 Å². The summed E-state index contributed by atoms with van der Waals surface area (Å²) in [5.74, 6) is 0.279. The number of allylic oxidation sites excluding steroid dienone is 1. The van der Waals surface area contributed by atoms with E-state index in [9.17, 15) is 9.65 Å². The summed E-state index contributed by atoms with van der Waals surface area (Å²) in [4.78, 5) is 2.32. The molecule has 0 radical (unpaired) electrons. The average Bonchev–Trinajstić information content (AvgIpc) is 3.15. The van der Waals surface area contributed by atoms with Gasteiger partial charge in [-0.15, -0.1) is 0 Å². The Morgan fingerprint density at radius 2 is 1.96 bits per heavy atom. The molecule has 1 fully saturated rings. The molecule has 0 unspecified atom stereocenters. The Labute approximate surface area is 141 Å². The summed E-state index contributed by atoms with van der Waals surface area (Å²) in [5.41, 5.74) is 2.46. The normalized spacial score (nSPS) is 14.5. The molecule has 0 atom stereocenters. The molecular weight excluding hydrogens is 303 g/mol. The van der Waals surface area contributed by atoms with E-state index in [1.54, 1.807) is 31.4 Å². The standard InChI is InChI=1S/C20H19FN2O/c1-24-20-13-17(23-10-4-5-11-23)9-8-15(20)12-16(14-22)18-6-2-3-7-19(18)21/h2-3,6-9,12-13H,4-5,10-11H2,1H3. The third-order valence-electron chi connectivity index (χ3n) is 4.27. The highest BCUT2D eigenvalue weighted by molar-refractivity contribution is 5.91. The van der Waals surface area contributed by atoms with Gasteiger partial charge in [-0.3, -0.25) is 0 Å². The molecule has 122 valence electrons. The van der Waals surface area contributed by atoms with Gasteiger partial charge in [-0.2, -0.15) is 5.26 Å². The lowest BCUT2D eigenvalue weighted by molar-refractivity contribution is 0.414. The quantitative estimate of drug-likeness (QED) is 0.614. The van der Waals surface area contributed by atoms with Crippen LogP contribution in [0.2, 0.25) is 0 Å². The van der Waals surface area contributed by atoms with Crippen molar-refractivity contribution in [1.29, 1.82) is 5.26 Å². The van der Waals surface area contributed by atoms with Crippen LogP contribution >= 0.6 is 0 Å². The molecule has 4 heteroatoms. The molecule has 1 aliphatic heterocycles. The number of nitriles is 1. The van der Waals surface area contributed by atoms with Crippen LogP contribution in [0.25, 0.3) is 11.6 Å². The molecule has 0 saturated carbocycles. The van der Waals surface area contributed by atoms with Crippen molar-refractivity contribution in [3.05, 3.63) is 59.4 Å². The molecule has 3 rings (SSSR count). The van der Waals surface area contributed by atoms with Gasteiger partial charge in [0.2, 0.25) is 0 Å². The first-order chi connectivity index (χ1) is 11.7. The zero-order valence-electron chi connectivity index (χ0n) is 13.6. The van der Waals surface area contributed by atoms with Gasteiger partial charge in [-0.1, -0.05) is 18.2 Å². The minimum Gasteiger partial charge on any atom is -0.496 e. The van der Waals surface area contributed by atoms with E-state index in [1.165, 1.54) is 18.9 Å². The van der Waals surface area contributed by atoms with Crippen molar-refractivity contribution in [3.63, 3.8) is 0 Å². The number of methoxy groups -OCH3 is 1. The number of nitrogens with zero attached hydrogens (tertiary/aromatic N) is 2. The number of hydrogen-bond donors (Lipinski definition) is 0. The van der Waals surface area contributed by atoms with Crippen LogP contribution in [0.3, 0.4) is 0 Å². The van der Waals surface area contributed by atoms with Crippen molar-refractivity contribution < 1.29 is 9.13 Å². The molecule has 0 amide bonds. The summed E-state index contributed by atoms with van der Waals surface area (Å²) in [5, 5.41) is 9.42. The average molecular weight is 322 g/mol. The van der Waals surface area contributed by atoms with Crippen LogP contribution in [0.4, 0.5) is 10.1 Å². The molecule has 0 aromatic heterocycles. The van der Waals surface area contributed by atoms with E-state index < -0.39 is 5.82 Å². The Hall–Kier alpha value is -2.80. The molecule has 1 saturated heterocycles. The summed E-state index contributed by atoms with van der Waals surface area (Å²) in [6.07, 6.45) is 4.08. The zero-order chi connectivity index (χ0) is 16.9. The lowest BCUT2D eigenvalue weighted by Gasteiger charge is -2.19. The number of ether oxygens (including phenoxy) is 1. The molecule has 0 aliphatic carbocycles. The van der Waals surface area contributed by atoms with Crippen LogP contribution in [0.15, 0.2) is 42.5 Å². The highest BCUT2D eigenvalue weighted by Gasteiger charge is 2.15. The molecule has 2 aromatic rings.